The lowest BCUT2D eigenvalue weighted by Gasteiger charge is -2.10. The topological polar surface area (TPSA) is 90.4 Å². The van der Waals surface area contributed by atoms with Crippen LogP contribution in [0.4, 0.5) is 10.1 Å². The Balaban J connectivity index is 2.93. The largest absolute Gasteiger partial charge is 0.465 e. The van der Waals surface area contributed by atoms with Crippen LogP contribution in [0.25, 0.3) is 0 Å². The van der Waals surface area contributed by atoms with E-state index in [-0.39, 0.29) is 5.56 Å². The Bertz CT molecular complexity index is 368. The van der Waals surface area contributed by atoms with Crippen molar-refractivity contribution in [3.05, 3.63) is 29.6 Å². The monoisotopic (exact) mass is 213 g/mol. The first kappa shape index (κ1) is 11.4. The van der Waals surface area contributed by atoms with E-state index in [4.69, 9.17) is 11.5 Å². The zero-order valence-electron chi connectivity index (χ0n) is 8.16. The molecule has 1 rings (SSSR count). The Morgan fingerprint density at radius 3 is 2.67 bits per heavy atom. The van der Waals surface area contributed by atoms with Gasteiger partial charge in [0.25, 0.3) is 0 Å². The van der Waals surface area contributed by atoms with Crippen LogP contribution in [0.5, 0.6) is 0 Å². The van der Waals surface area contributed by atoms with Gasteiger partial charge in [-0.3, -0.25) is 11.5 Å². The fourth-order valence-corrected chi connectivity index (χ4v) is 1.07. The summed E-state index contributed by atoms with van der Waals surface area (Å²) in [6.07, 6.45) is -0.784. The van der Waals surface area contributed by atoms with Gasteiger partial charge in [0, 0.05) is 5.69 Å². The van der Waals surface area contributed by atoms with Crippen molar-refractivity contribution in [1.29, 1.82) is 0 Å². The number of benzene rings is 1. The molecule has 0 heterocycles. The molecule has 82 valence electrons. The number of ether oxygens (including phenoxy) is 1. The van der Waals surface area contributed by atoms with E-state index in [1.165, 1.54) is 19.2 Å². The lowest BCUT2D eigenvalue weighted by molar-refractivity contribution is 0.0595. The van der Waals surface area contributed by atoms with Crippen molar-refractivity contribution in [2.45, 2.75) is 6.29 Å². The van der Waals surface area contributed by atoms with Gasteiger partial charge in [-0.15, -0.1) is 0 Å². The van der Waals surface area contributed by atoms with Crippen molar-refractivity contribution in [1.82, 2.24) is 0 Å². The number of esters is 1. The summed E-state index contributed by atoms with van der Waals surface area (Å²) in [6.45, 7) is 0. The van der Waals surface area contributed by atoms with E-state index < -0.39 is 18.1 Å². The number of rotatable bonds is 3. The van der Waals surface area contributed by atoms with E-state index in [9.17, 15) is 9.18 Å². The Kier molecular flexibility index (Phi) is 3.59. The quantitative estimate of drug-likeness (QED) is 0.493. The number of nitrogens with one attached hydrogen (secondary N) is 1. The smallest absolute Gasteiger partial charge is 0.340 e. The molecule has 15 heavy (non-hydrogen) atoms. The molecule has 0 bridgehead atoms. The molecule has 0 amide bonds. The highest BCUT2D eigenvalue weighted by atomic mass is 19.1. The van der Waals surface area contributed by atoms with Crippen molar-refractivity contribution < 1.29 is 13.9 Å². The van der Waals surface area contributed by atoms with Gasteiger partial charge in [0.15, 0.2) is 0 Å². The van der Waals surface area contributed by atoms with E-state index in [0.29, 0.717) is 5.69 Å². The maximum Gasteiger partial charge on any atom is 0.340 e. The highest BCUT2D eigenvalue weighted by Crippen LogP contribution is 2.15. The number of hydrogen-bond donors (Lipinski definition) is 3. The molecule has 0 radical (unpaired) electrons. The molecule has 0 saturated carbocycles. The predicted molar refractivity (Wildman–Crippen MR) is 53.5 cm³/mol. The number of halogens is 1. The molecule has 1 aromatic rings. The Hall–Kier alpha value is -1.66. The van der Waals surface area contributed by atoms with Crippen LogP contribution in [0.2, 0.25) is 0 Å². The van der Waals surface area contributed by atoms with Gasteiger partial charge in [-0.2, -0.15) is 0 Å². The molecule has 0 aliphatic carbocycles. The Morgan fingerprint density at radius 1 is 1.53 bits per heavy atom. The second-order valence-electron chi connectivity index (χ2n) is 2.86. The minimum atomic E-state index is -0.784. The van der Waals surface area contributed by atoms with Crippen molar-refractivity contribution in [2.75, 3.05) is 12.4 Å². The van der Waals surface area contributed by atoms with E-state index >= 15 is 0 Å². The van der Waals surface area contributed by atoms with Gasteiger partial charge in [0.05, 0.1) is 12.7 Å². The third-order valence-corrected chi connectivity index (χ3v) is 1.71. The third kappa shape index (κ3) is 2.90. The molecule has 0 unspecified atom stereocenters. The summed E-state index contributed by atoms with van der Waals surface area (Å²) in [5.74, 6) is -1.41. The summed E-state index contributed by atoms with van der Waals surface area (Å²) in [6, 6.07) is 3.91. The zero-order chi connectivity index (χ0) is 11.4. The third-order valence-electron chi connectivity index (χ3n) is 1.71. The van der Waals surface area contributed by atoms with E-state index in [2.05, 4.69) is 10.1 Å². The molecule has 5 N–H and O–H groups in total. The molecule has 0 aromatic heterocycles. The van der Waals surface area contributed by atoms with Gasteiger partial charge < -0.3 is 10.1 Å². The van der Waals surface area contributed by atoms with Crippen molar-refractivity contribution >= 4 is 11.7 Å². The molecular formula is C9H12FN3O2. The minimum Gasteiger partial charge on any atom is -0.465 e. The van der Waals surface area contributed by atoms with Crippen LogP contribution in [-0.2, 0) is 4.74 Å². The average molecular weight is 213 g/mol. The number of methoxy groups -OCH3 is 1. The van der Waals surface area contributed by atoms with E-state index in [1.807, 2.05) is 0 Å². The second kappa shape index (κ2) is 4.72. The Labute approximate surface area is 86.2 Å². The molecule has 6 heteroatoms. The van der Waals surface area contributed by atoms with Gasteiger partial charge in [-0.1, -0.05) is 0 Å². The molecule has 5 nitrogen and oxygen atoms in total. The first-order valence-electron chi connectivity index (χ1n) is 4.20. The van der Waals surface area contributed by atoms with Crippen LogP contribution in [-0.4, -0.2) is 19.4 Å². The molecule has 1 aromatic carbocycles. The summed E-state index contributed by atoms with van der Waals surface area (Å²) in [5, 5.41) is 2.59. The summed E-state index contributed by atoms with van der Waals surface area (Å²) < 4.78 is 17.7. The van der Waals surface area contributed by atoms with Gasteiger partial charge in [0.2, 0.25) is 0 Å². The molecule has 0 fully saturated rings. The number of carbonyl (C=O) groups is 1. The number of hydrogen-bond acceptors (Lipinski definition) is 5. The van der Waals surface area contributed by atoms with Gasteiger partial charge in [-0.05, 0) is 18.2 Å². The van der Waals surface area contributed by atoms with Gasteiger partial charge in [-0.25, -0.2) is 9.18 Å². The predicted octanol–water partition coefficient (Wildman–Crippen LogP) is 0.225. The van der Waals surface area contributed by atoms with Crippen molar-refractivity contribution in [2.24, 2.45) is 11.5 Å². The van der Waals surface area contributed by atoms with Gasteiger partial charge >= 0.3 is 5.97 Å². The second-order valence-corrected chi connectivity index (χ2v) is 2.86. The molecule has 0 spiro atoms. The fourth-order valence-electron chi connectivity index (χ4n) is 1.07. The lowest BCUT2D eigenvalue weighted by Crippen LogP contribution is -2.38. The minimum absolute atomic E-state index is 0.131. The average Bonchev–Trinajstić information content (AvgIpc) is 2.16. The maximum absolute atomic E-state index is 13.3. The molecule has 0 aliphatic heterocycles. The van der Waals surface area contributed by atoms with Crippen LogP contribution in [0.15, 0.2) is 18.2 Å². The summed E-state index contributed by atoms with van der Waals surface area (Å²) in [4.78, 5) is 11.0. The van der Waals surface area contributed by atoms with Crippen molar-refractivity contribution in [3.8, 4) is 0 Å². The molecule has 0 saturated heterocycles. The Morgan fingerprint density at radius 2 is 2.20 bits per heavy atom. The number of anilines is 1. The molecular weight excluding hydrogens is 201 g/mol. The van der Waals surface area contributed by atoms with Crippen LogP contribution in [0, 0.1) is 5.82 Å². The van der Waals surface area contributed by atoms with Crippen molar-refractivity contribution in [3.63, 3.8) is 0 Å². The SMILES string of the molecule is COC(=O)c1ccc(NC(N)N)cc1F. The highest BCUT2D eigenvalue weighted by Gasteiger charge is 2.12. The fraction of sp³-hybridized carbons (Fsp3) is 0.222. The summed E-state index contributed by atoms with van der Waals surface area (Å²) in [5.41, 5.74) is 10.8. The first-order chi connectivity index (χ1) is 7.04. The van der Waals surface area contributed by atoms with Crippen LogP contribution in [0.3, 0.4) is 0 Å². The maximum atomic E-state index is 13.3. The standard InChI is InChI=1S/C9H12FN3O2/c1-15-8(14)6-3-2-5(4-7(6)10)13-9(11)12/h2-4,9,13H,11-12H2,1H3. The summed E-state index contributed by atoms with van der Waals surface area (Å²) >= 11 is 0. The van der Waals surface area contributed by atoms with Crippen LogP contribution >= 0.6 is 0 Å². The first-order valence-corrected chi connectivity index (χ1v) is 4.20. The van der Waals surface area contributed by atoms with Gasteiger partial charge in [0.1, 0.15) is 12.1 Å². The normalized spacial score (nSPS) is 10.2. The number of nitrogens with two attached hydrogens (primary N) is 2. The van der Waals surface area contributed by atoms with E-state index in [1.54, 1.807) is 0 Å². The zero-order valence-corrected chi connectivity index (χ0v) is 8.16. The highest BCUT2D eigenvalue weighted by molar-refractivity contribution is 5.90. The molecule has 0 aliphatic rings. The lowest BCUT2D eigenvalue weighted by atomic mass is 10.2. The van der Waals surface area contributed by atoms with E-state index in [0.717, 1.165) is 6.07 Å². The van der Waals surface area contributed by atoms with Crippen LogP contribution in [0.1, 0.15) is 10.4 Å². The summed E-state index contributed by atoms with van der Waals surface area (Å²) in [7, 11) is 1.18. The van der Waals surface area contributed by atoms with Crippen LogP contribution < -0.4 is 16.8 Å². The molecule has 0 atom stereocenters. The number of carbonyl (C=O) groups excluding carboxylic acids is 1.